The van der Waals surface area contributed by atoms with Crippen molar-refractivity contribution >= 4 is 15.9 Å². The van der Waals surface area contributed by atoms with Gasteiger partial charge in [0.25, 0.3) is 0 Å². The lowest BCUT2D eigenvalue weighted by molar-refractivity contribution is 0.481. The zero-order chi connectivity index (χ0) is 14.4. The summed E-state index contributed by atoms with van der Waals surface area (Å²) in [7, 11) is 0. The van der Waals surface area contributed by atoms with Crippen molar-refractivity contribution in [3.63, 3.8) is 0 Å². The first-order valence-corrected chi connectivity index (χ1v) is 7.57. The molecule has 0 N–H and O–H groups in total. The lowest BCUT2D eigenvalue weighted by atomic mass is 10.1. The predicted octanol–water partition coefficient (Wildman–Crippen LogP) is 4.36. The first kappa shape index (κ1) is 12.6. The fourth-order valence-corrected chi connectivity index (χ4v) is 2.80. The van der Waals surface area contributed by atoms with Gasteiger partial charge in [0.1, 0.15) is 5.75 Å². The highest BCUT2D eigenvalue weighted by Gasteiger charge is 2.23. The Morgan fingerprint density at radius 2 is 2.05 bits per heavy atom. The first-order valence-electron chi connectivity index (χ1n) is 6.78. The normalized spacial score (nSPS) is 11.9. The molecule has 0 fully saturated rings. The number of hydrogen-bond donors (Lipinski definition) is 0. The molecule has 0 saturated heterocycles. The molecule has 1 aliphatic rings. The maximum atomic E-state index is 6.04. The number of aromatic nitrogens is 3. The molecule has 1 aliphatic heterocycles. The van der Waals surface area contributed by atoms with Gasteiger partial charge in [-0.2, -0.15) is 5.10 Å². The van der Waals surface area contributed by atoms with Crippen LogP contribution in [0.2, 0.25) is 0 Å². The molecule has 2 aromatic heterocycles. The molecule has 0 bridgehead atoms. The van der Waals surface area contributed by atoms with Crippen LogP contribution >= 0.6 is 15.9 Å². The second kappa shape index (κ2) is 4.70. The van der Waals surface area contributed by atoms with E-state index in [4.69, 9.17) is 4.74 Å². The van der Waals surface area contributed by atoms with Gasteiger partial charge in [-0.15, -0.1) is 0 Å². The van der Waals surface area contributed by atoms with Gasteiger partial charge < -0.3 is 4.74 Å². The summed E-state index contributed by atoms with van der Waals surface area (Å²) in [4.78, 5) is 4.48. The number of rotatable bonds is 1. The Kier molecular flexibility index (Phi) is 2.82. The molecule has 104 valence electrons. The molecule has 4 rings (SSSR count). The van der Waals surface area contributed by atoms with Crippen LogP contribution < -0.4 is 4.74 Å². The van der Waals surface area contributed by atoms with E-state index in [0.717, 1.165) is 33.6 Å². The minimum atomic E-state index is 0.696. The lowest BCUT2D eigenvalue weighted by Crippen LogP contribution is -2.02. The number of nitrogens with zero attached hydrogens (tertiary/aromatic N) is 3. The number of ether oxygens (including phenoxy) is 1. The minimum Gasteiger partial charge on any atom is -0.453 e. The zero-order valence-electron chi connectivity index (χ0n) is 11.4. The number of hydrogen-bond acceptors (Lipinski definition) is 3. The third-order valence-electron chi connectivity index (χ3n) is 3.51. The van der Waals surface area contributed by atoms with Gasteiger partial charge in [0.05, 0.1) is 11.4 Å². The summed E-state index contributed by atoms with van der Waals surface area (Å²) in [5, 5.41) is 4.66. The Hall–Kier alpha value is -2.14. The van der Waals surface area contributed by atoms with Gasteiger partial charge in [0.2, 0.25) is 0 Å². The van der Waals surface area contributed by atoms with Crippen LogP contribution in [0, 0.1) is 0 Å². The number of pyridine rings is 1. The maximum absolute atomic E-state index is 6.04. The molecule has 1 aromatic carbocycles. The lowest BCUT2D eigenvalue weighted by Gasteiger charge is -2.08. The highest BCUT2D eigenvalue weighted by molar-refractivity contribution is 9.10. The molecule has 0 radical (unpaired) electrons. The van der Waals surface area contributed by atoms with Crippen LogP contribution in [0.15, 0.2) is 47.1 Å². The number of fused-ring (bicyclic) bond motifs is 5. The van der Waals surface area contributed by atoms with Gasteiger partial charge in [-0.3, -0.25) is 0 Å². The molecule has 3 heterocycles. The topological polar surface area (TPSA) is 39.9 Å². The molecule has 5 heteroatoms. The van der Waals surface area contributed by atoms with E-state index in [-0.39, 0.29) is 0 Å². The van der Waals surface area contributed by atoms with Crippen molar-refractivity contribution in [3.8, 4) is 28.6 Å². The Bertz CT molecular complexity index is 841. The average molecular weight is 342 g/mol. The number of halogens is 1. The molecule has 4 nitrogen and oxygen atoms in total. The molecule has 0 amide bonds. The Morgan fingerprint density at radius 3 is 2.90 bits per heavy atom. The van der Waals surface area contributed by atoms with Crippen LogP contribution in [-0.2, 0) is 6.42 Å². The van der Waals surface area contributed by atoms with Crippen molar-refractivity contribution < 1.29 is 4.74 Å². The van der Waals surface area contributed by atoms with Gasteiger partial charge >= 0.3 is 0 Å². The van der Waals surface area contributed by atoms with Crippen molar-refractivity contribution in [2.75, 3.05) is 0 Å². The van der Waals surface area contributed by atoms with E-state index in [2.05, 4.69) is 39.0 Å². The van der Waals surface area contributed by atoms with E-state index < -0.39 is 0 Å². The highest BCUT2D eigenvalue weighted by Crippen LogP contribution is 2.41. The van der Waals surface area contributed by atoms with Crippen molar-refractivity contribution in [2.24, 2.45) is 0 Å². The second-order valence-electron chi connectivity index (χ2n) is 4.86. The van der Waals surface area contributed by atoms with Gasteiger partial charge in [-0.1, -0.05) is 19.1 Å². The summed E-state index contributed by atoms with van der Waals surface area (Å²) >= 11 is 3.44. The quantitative estimate of drug-likeness (QED) is 0.516. The summed E-state index contributed by atoms with van der Waals surface area (Å²) < 4.78 is 8.79. The smallest absolute Gasteiger partial charge is 0.197 e. The van der Waals surface area contributed by atoms with Gasteiger partial charge in [0, 0.05) is 22.3 Å². The number of para-hydroxylation sites is 1. The van der Waals surface area contributed by atoms with E-state index in [1.807, 2.05) is 35.0 Å². The fourth-order valence-electron chi connectivity index (χ4n) is 2.49. The van der Waals surface area contributed by atoms with Crippen LogP contribution in [0.3, 0.4) is 0 Å². The monoisotopic (exact) mass is 341 g/mol. The van der Waals surface area contributed by atoms with Crippen LogP contribution in [0.4, 0.5) is 0 Å². The summed E-state index contributed by atoms with van der Waals surface area (Å²) in [6.07, 6.45) is 2.64. The van der Waals surface area contributed by atoms with Crippen molar-refractivity contribution in [2.45, 2.75) is 13.3 Å². The van der Waals surface area contributed by atoms with Crippen LogP contribution in [0.1, 0.15) is 12.6 Å². The standard InChI is InChI=1S/C16H12BrN3O/c1-2-11-8-13-12-5-3-4-6-14(12)21-15-7-10(17)9-18-16(15)20(13)19-11/h3-9H,2H2,1H3. The fraction of sp³-hybridized carbons (Fsp3) is 0.125. The largest absolute Gasteiger partial charge is 0.453 e. The van der Waals surface area contributed by atoms with E-state index >= 15 is 0 Å². The van der Waals surface area contributed by atoms with Gasteiger partial charge in [-0.25, -0.2) is 9.67 Å². The number of benzene rings is 1. The van der Waals surface area contributed by atoms with Crippen molar-refractivity contribution in [1.82, 2.24) is 14.8 Å². The minimum absolute atomic E-state index is 0.696. The van der Waals surface area contributed by atoms with Gasteiger partial charge in [-0.05, 0) is 40.5 Å². The molecule has 21 heavy (non-hydrogen) atoms. The average Bonchev–Trinajstić information content (AvgIpc) is 2.87. The molecule has 3 aromatic rings. The molecule has 0 aliphatic carbocycles. The molecule has 0 atom stereocenters. The van der Waals surface area contributed by atoms with Crippen molar-refractivity contribution in [3.05, 3.63) is 52.8 Å². The van der Waals surface area contributed by atoms with Crippen LogP contribution in [0.5, 0.6) is 11.5 Å². The third kappa shape index (κ3) is 1.96. The SMILES string of the molecule is CCc1cc2n(n1)-c1ncc(Br)cc1Oc1ccccc1-2. The Balaban J connectivity index is 2.07. The molecular weight excluding hydrogens is 330 g/mol. The molecule has 0 spiro atoms. The maximum Gasteiger partial charge on any atom is 0.197 e. The summed E-state index contributed by atoms with van der Waals surface area (Å²) in [5.41, 5.74) is 3.08. The van der Waals surface area contributed by atoms with E-state index in [1.54, 1.807) is 6.20 Å². The molecule has 0 saturated carbocycles. The highest BCUT2D eigenvalue weighted by atomic mass is 79.9. The predicted molar refractivity (Wildman–Crippen MR) is 83.9 cm³/mol. The summed E-state index contributed by atoms with van der Waals surface area (Å²) in [5.74, 6) is 2.23. The van der Waals surface area contributed by atoms with Crippen molar-refractivity contribution in [1.29, 1.82) is 0 Å². The molecular formula is C16H12BrN3O. The Morgan fingerprint density at radius 1 is 1.19 bits per heavy atom. The second-order valence-corrected chi connectivity index (χ2v) is 5.78. The molecule has 0 unspecified atom stereocenters. The number of aryl methyl sites for hydroxylation is 1. The summed E-state index contributed by atoms with van der Waals surface area (Å²) in [6.45, 7) is 2.10. The van der Waals surface area contributed by atoms with E-state index in [9.17, 15) is 0 Å². The third-order valence-corrected chi connectivity index (χ3v) is 3.94. The zero-order valence-corrected chi connectivity index (χ0v) is 13.0. The Labute approximate surface area is 130 Å². The first-order chi connectivity index (χ1) is 10.3. The van der Waals surface area contributed by atoms with Gasteiger partial charge in [0.15, 0.2) is 11.6 Å². The van der Waals surface area contributed by atoms with E-state index in [0.29, 0.717) is 11.6 Å². The van der Waals surface area contributed by atoms with Crippen LogP contribution in [-0.4, -0.2) is 14.8 Å². The van der Waals surface area contributed by atoms with E-state index in [1.165, 1.54) is 0 Å². The summed E-state index contributed by atoms with van der Waals surface area (Å²) in [6, 6.07) is 12.0. The van der Waals surface area contributed by atoms with Crippen LogP contribution in [0.25, 0.3) is 17.1 Å².